The average Bonchev–Trinajstić information content (AvgIpc) is 1.60. The van der Waals surface area contributed by atoms with E-state index in [4.69, 9.17) is 14.4 Å². The minimum Gasteiger partial charge on any atom is -0.480 e. The predicted molar refractivity (Wildman–Crippen MR) is 437 cm³/mol. The van der Waals surface area contributed by atoms with Crippen LogP contribution in [0.15, 0.2) is 158 Å². The molecule has 23 nitrogen and oxygen atoms in total. The van der Waals surface area contributed by atoms with Crippen LogP contribution in [0.1, 0.15) is 206 Å². The number of rotatable bonds is 25. The Labute approximate surface area is 671 Å². The summed E-state index contributed by atoms with van der Waals surface area (Å²) in [6, 6.07) is 41.1. The number of fused-ring (bicyclic) bond motifs is 3. The summed E-state index contributed by atoms with van der Waals surface area (Å²) in [7, 11) is -10.9. The zero-order valence-corrected chi connectivity index (χ0v) is 69.7. The first-order chi connectivity index (χ1) is 54.2. The van der Waals surface area contributed by atoms with Crippen molar-refractivity contribution in [1.82, 2.24) is 26.6 Å². The molecule has 0 unspecified atom stereocenters. The van der Waals surface area contributed by atoms with Gasteiger partial charge in [-0.05, 0) is 177 Å². The van der Waals surface area contributed by atoms with Crippen LogP contribution in [0.3, 0.4) is 0 Å². The molecule has 0 bridgehead atoms. The smallest absolute Gasteiger partial charge is 0.325 e. The number of nitrogens with zero attached hydrogens (tertiary/aromatic N) is 8. The van der Waals surface area contributed by atoms with Crippen molar-refractivity contribution in [2.24, 2.45) is 26.6 Å². The number of esters is 1. The maximum absolute atomic E-state index is 13.7. The van der Waals surface area contributed by atoms with E-state index in [0.29, 0.717) is 131 Å². The number of sulfonamides is 3. The second kappa shape index (κ2) is 35.0. The maximum Gasteiger partial charge on any atom is 0.325 e. The van der Waals surface area contributed by atoms with E-state index in [1.807, 2.05) is 129 Å². The Kier molecular flexibility index (Phi) is 25.8. The van der Waals surface area contributed by atoms with Crippen molar-refractivity contribution in [3.8, 4) is 0 Å². The van der Waals surface area contributed by atoms with Gasteiger partial charge in [-0.1, -0.05) is 167 Å². The highest BCUT2D eigenvalue weighted by atomic mass is 32.2. The number of carbonyl (C=O) groups is 4. The zero-order chi connectivity index (χ0) is 81.7. The highest BCUT2D eigenvalue weighted by molar-refractivity contribution is 7.89. The van der Waals surface area contributed by atoms with Gasteiger partial charge in [0.1, 0.15) is 32.8 Å². The summed E-state index contributed by atoms with van der Waals surface area (Å²) in [4.78, 5) is 62.1. The molecule has 3 saturated heterocycles. The fourth-order valence-electron chi connectivity index (χ4n) is 17.3. The lowest BCUT2D eigenvalue weighted by Gasteiger charge is -2.32. The summed E-state index contributed by atoms with van der Waals surface area (Å²) in [5.74, 6) is -2.19. The molecule has 5 aromatic carbocycles. The first kappa shape index (κ1) is 84.1. The van der Waals surface area contributed by atoms with Gasteiger partial charge >= 0.3 is 17.9 Å². The Morgan fingerprint density at radius 1 is 0.412 bits per heavy atom. The molecule has 0 atom stereocenters. The van der Waals surface area contributed by atoms with Crippen LogP contribution in [0.2, 0.25) is 0 Å². The molecule has 0 saturated carbocycles. The summed E-state index contributed by atoms with van der Waals surface area (Å²) < 4.78 is 96.8. The topological polar surface area (TPSA) is 288 Å². The largest absolute Gasteiger partial charge is 0.480 e. The van der Waals surface area contributed by atoms with Gasteiger partial charge < -0.3 is 38.3 Å². The molecule has 14 rings (SSSR count). The minimum atomic E-state index is -3.64. The van der Waals surface area contributed by atoms with Crippen LogP contribution in [-0.4, -0.2) is 143 Å². The van der Waals surface area contributed by atoms with Crippen molar-refractivity contribution < 1.29 is 69.1 Å². The molecule has 0 spiro atoms. The van der Waals surface area contributed by atoms with Crippen LogP contribution in [-0.2, 0) is 130 Å². The van der Waals surface area contributed by atoms with Crippen LogP contribution in [0, 0.1) is 37.0 Å². The van der Waals surface area contributed by atoms with Gasteiger partial charge in [-0.25, -0.2) is 25.3 Å². The molecule has 6 aliphatic rings. The van der Waals surface area contributed by atoms with Gasteiger partial charge in [0.15, 0.2) is 5.78 Å². The van der Waals surface area contributed by atoms with E-state index in [1.165, 1.54) is 4.31 Å². The summed E-state index contributed by atoms with van der Waals surface area (Å²) in [6.45, 7) is 24.1. The van der Waals surface area contributed by atoms with Crippen molar-refractivity contribution >= 4 is 65.2 Å². The number of carbonyl (C=O) groups excluding carboxylic acids is 2. The Bertz CT molecular complexity index is 5330. The van der Waals surface area contributed by atoms with Crippen molar-refractivity contribution in [1.29, 1.82) is 0 Å². The second-order valence-corrected chi connectivity index (χ2v) is 39.0. The zero-order valence-electron chi connectivity index (χ0n) is 67.3. The molecule has 3 fully saturated rings. The van der Waals surface area contributed by atoms with Crippen LogP contribution in [0.25, 0.3) is 0 Å². The number of carboxylic acids is 2. The highest BCUT2D eigenvalue weighted by Crippen LogP contribution is 2.45. The van der Waals surface area contributed by atoms with Crippen LogP contribution in [0.4, 0.5) is 0 Å². The quantitative estimate of drug-likeness (QED) is 0.0397. The average molecular weight is 1610 g/mol. The van der Waals surface area contributed by atoms with Gasteiger partial charge in [0.2, 0.25) is 30.1 Å². The summed E-state index contributed by atoms with van der Waals surface area (Å²) in [5.41, 5.74) is 15.3. The third-order valence-corrected chi connectivity index (χ3v) is 28.7. The van der Waals surface area contributed by atoms with Crippen LogP contribution >= 0.6 is 0 Å². The molecule has 3 aromatic heterocycles. The number of ketones is 1. The number of Topliss-reactive ketones (excluding diaryl/α,β-unsaturated/α-hetero) is 1. The second-order valence-electron chi connectivity index (χ2n) is 33.3. The lowest BCUT2D eigenvalue weighted by Crippen LogP contribution is -2.30. The predicted octanol–water partition coefficient (Wildman–Crippen LogP) is 14.2. The van der Waals surface area contributed by atoms with Gasteiger partial charge in [-0.3, -0.25) is 19.2 Å². The Balaban J connectivity index is 0.000000160. The molecule has 0 amide bonds. The van der Waals surface area contributed by atoms with E-state index in [-0.39, 0.29) is 58.9 Å². The van der Waals surface area contributed by atoms with Gasteiger partial charge in [-0.15, -0.1) is 0 Å². The van der Waals surface area contributed by atoms with E-state index >= 15 is 0 Å². The maximum atomic E-state index is 13.7. The monoisotopic (exact) mass is 1610 g/mol. The van der Waals surface area contributed by atoms with Gasteiger partial charge in [0.05, 0.1) is 32.7 Å². The van der Waals surface area contributed by atoms with Gasteiger partial charge in [-0.2, -0.15) is 12.9 Å². The molecular weight excluding hydrogens is 1510 g/mol. The first-order valence-electron chi connectivity index (χ1n) is 39.6. The number of ether oxygens (including phenoxy) is 1. The van der Waals surface area contributed by atoms with E-state index in [2.05, 4.69) is 38.0 Å². The van der Waals surface area contributed by atoms with E-state index in [1.54, 1.807) is 68.6 Å². The Morgan fingerprint density at radius 3 is 1.04 bits per heavy atom. The molecule has 608 valence electrons. The fraction of sp³-hybridized carbons (Fsp3) is 0.455. The minimum absolute atomic E-state index is 0.00151. The number of carboxylic acid groups (broad SMARTS) is 2. The van der Waals surface area contributed by atoms with Crippen molar-refractivity contribution in [3.05, 3.63) is 229 Å². The summed E-state index contributed by atoms with van der Waals surface area (Å²) in [6.07, 6.45) is 9.99. The molecule has 3 aliphatic heterocycles. The van der Waals surface area contributed by atoms with Crippen LogP contribution < -0.4 is 0 Å². The van der Waals surface area contributed by atoms with E-state index < -0.39 is 42.0 Å². The normalized spacial score (nSPS) is 18.1. The number of aliphatic carboxylic acids is 2. The molecule has 6 heterocycles. The number of benzene rings is 5. The molecule has 114 heavy (non-hydrogen) atoms. The van der Waals surface area contributed by atoms with Crippen molar-refractivity contribution in [3.63, 3.8) is 0 Å². The molecule has 3 aliphatic carbocycles. The van der Waals surface area contributed by atoms with Crippen molar-refractivity contribution in [2.75, 3.05) is 45.9 Å². The van der Waals surface area contributed by atoms with E-state index in [0.717, 1.165) is 135 Å². The van der Waals surface area contributed by atoms with Crippen LogP contribution in [0.5, 0.6) is 0 Å². The highest BCUT2D eigenvalue weighted by Gasteiger charge is 2.42. The van der Waals surface area contributed by atoms with E-state index in [9.17, 15) is 54.6 Å². The third kappa shape index (κ3) is 18.8. The van der Waals surface area contributed by atoms with Gasteiger partial charge in [0, 0.05) is 116 Å². The molecule has 2 N–H and O–H groups in total. The SMILES string of the molecule is CCOC(=O)Cn1c(C)c(Cc2ccccc2S(=O)(=O)N2CCCC2)c2c1CC(C)(C)C/C2=N\OCc1ccccc1.Cc1c(Cc2ccccc2S(=O)(=O)N2CCCC2)c2c(n1CC(=O)O)CC(C)(C)C/C2=N\OCc1ccccc1.Cc1c(Cc2ccccc2S(=O)(=O)N2CCCC2)c2c(n1CC(=O)O)CC(C)(C)CC2=O. The van der Waals surface area contributed by atoms with Gasteiger partial charge in [0.25, 0.3) is 0 Å². The molecule has 26 heteroatoms. The standard InChI is InChI=1S/C33H41N3O5S.C31H37N3O5S.C24H30N2O5S/c1-5-40-31(37)22-36-24(2)27(19-26-15-9-10-16-30(26)42(38,39)35-17-11-12-18-35)32-28(20-33(3,4)21-29(32)36)34-41-23-25-13-7-6-8-14-25;1-22-25(17-24-13-7-8-14-28(24)40(37,38)33-15-9-10-16-33)30-26(32-39-21-23-11-5-4-6-12-23)18-31(2,3)19-27(30)34(22)20-29(35)36;1-16-18(23-19(26(16)15-22(28)29)13-24(2,3)14-20(23)27)12-17-8-4-5-9-21(17)32(30,31)25-10-6-7-11-25/h6-10,13-16H,5,11-12,17-23H2,1-4H3;4-8,11-14H,9-10,15-21H2,1-3H3,(H,35,36);4-5,8-9H,6-7,10-15H2,1-3H3,(H,28,29)/b34-28+;32-26+;. The third-order valence-electron chi connectivity index (χ3n) is 22.7. The lowest BCUT2D eigenvalue weighted by molar-refractivity contribution is -0.144. The molecule has 8 aromatic rings. The lowest BCUT2D eigenvalue weighted by atomic mass is 9.74. The molecule has 0 radical (unpaired) electrons. The summed E-state index contributed by atoms with van der Waals surface area (Å²) >= 11 is 0. The number of hydrogen-bond acceptors (Lipinski definition) is 15. The number of oxime groups is 2. The Hall–Kier alpha value is -9.31. The fourth-order valence-corrected chi connectivity index (χ4v) is 22.5. The first-order valence-corrected chi connectivity index (χ1v) is 44.0. The van der Waals surface area contributed by atoms with Crippen molar-refractivity contribution in [2.45, 2.75) is 213 Å². The number of hydrogen-bond donors (Lipinski definition) is 2. The molecular formula is C88H108N8O15S3. The number of aromatic nitrogens is 3. The Morgan fingerprint density at radius 2 is 0.711 bits per heavy atom. The summed E-state index contributed by atoms with van der Waals surface area (Å²) in [5, 5.41) is 28.5.